The maximum absolute atomic E-state index is 12.7. The van der Waals surface area contributed by atoms with Gasteiger partial charge in [0.1, 0.15) is 0 Å². The largest absolute Gasteiger partial charge is 0.416 e. The summed E-state index contributed by atoms with van der Waals surface area (Å²) >= 11 is 5.84. The molecule has 1 N–H and O–H groups in total. The molecule has 1 heterocycles. The molecule has 3 rings (SSSR count). The number of benzene rings is 2. The Labute approximate surface area is 185 Å². The monoisotopic (exact) mass is 456 g/mol. The third-order valence-corrected chi connectivity index (χ3v) is 4.99. The van der Waals surface area contributed by atoms with Gasteiger partial charge in [-0.05, 0) is 61.8 Å². The Bertz CT molecular complexity index is 928. The van der Waals surface area contributed by atoms with Gasteiger partial charge in [-0.1, -0.05) is 36.1 Å². The van der Waals surface area contributed by atoms with Crippen molar-refractivity contribution >= 4 is 35.6 Å². The smallest absolute Gasteiger partial charge is 0.315 e. The summed E-state index contributed by atoms with van der Waals surface area (Å²) in [7, 11) is 0. The highest BCUT2D eigenvalue weighted by atomic mass is 35.5. The Kier molecular flexibility index (Phi) is 8.60. The van der Waals surface area contributed by atoms with Gasteiger partial charge in [-0.2, -0.15) is 13.2 Å². The van der Waals surface area contributed by atoms with E-state index in [-0.39, 0.29) is 23.0 Å². The third kappa shape index (κ3) is 6.94. The number of anilines is 1. The number of alkyl halides is 3. The first-order valence-electron chi connectivity index (χ1n) is 9.32. The molecule has 8 heteroatoms. The van der Waals surface area contributed by atoms with E-state index in [1.165, 1.54) is 24.8 Å². The van der Waals surface area contributed by atoms with Crippen LogP contribution in [0.3, 0.4) is 0 Å². The van der Waals surface area contributed by atoms with Gasteiger partial charge >= 0.3 is 12.1 Å². The summed E-state index contributed by atoms with van der Waals surface area (Å²) in [5.41, 5.74) is 1.08. The topological polar surface area (TPSA) is 32.3 Å². The fraction of sp³-hybridized carbons (Fsp3) is 0.318. The maximum Gasteiger partial charge on any atom is 0.416 e. The van der Waals surface area contributed by atoms with Gasteiger partial charge in [0.25, 0.3) is 0 Å². The first-order chi connectivity index (χ1) is 13.8. The summed E-state index contributed by atoms with van der Waals surface area (Å²) < 4.78 is 38.0. The van der Waals surface area contributed by atoms with Crippen LogP contribution in [0, 0.1) is 11.8 Å². The number of carbonyl (C=O) groups is 1. The Morgan fingerprint density at radius 2 is 1.73 bits per heavy atom. The minimum atomic E-state index is -4.48. The van der Waals surface area contributed by atoms with E-state index >= 15 is 0 Å². The van der Waals surface area contributed by atoms with Crippen LogP contribution in [0.15, 0.2) is 42.5 Å². The molecule has 1 aliphatic rings. The number of hydrogen-bond acceptors (Lipinski definition) is 2. The van der Waals surface area contributed by atoms with Crippen molar-refractivity contribution in [3.05, 3.63) is 64.2 Å². The lowest BCUT2D eigenvalue weighted by Crippen LogP contribution is -2.29. The zero-order valence-electron chi connectivity index (χ0n) is 16.1. The molecule has 30 heavy (non-hydrogen) atoms. The van der Waals surface area contributed by atoms with E-state index in [0.29, 0.717) is 5.69 Å². The highest BCUT2D eigenvalue weighted by Gasteiger charge is 2.30. The molecule has 0 atom stereocenters. The summed E-state index contributed by atoms with van der Waals surface area (Å²) in [6, 6.07) is 10.4. The molecular weight excluding hydrogens is 436 g/mol. The molecule has 1 amide bonds. The van der Waals surface area contributed by atoms with Crippen molar-refractivity contribution in [2.75, 3.05) is 18.4 Å². The molecule has 0 aliphatic carbocycles. The molecule has 0 unspecified atom stereocenters. The molecule has 0 saturated carbocycles. The van der Waals surface area contributed by atoms with Crippen LogP contribution in [0.5, 0.6) is 0 Å². The average Bonchev–Trinajstić information content (AvgIpc) is 2.68. The number of likely N-dealkylation sites (tertiary alicyclic amines) is 1. The number of rotatable bonds is 3. The van der Waals surface area contributed by atoms with E-state index in [1.54, 1.807) is 0 Å². The van der Waals surface area contributed by atoms with Gasteiger partial charge in [0, 0.05) is 23.7 Å². The van der Waals surface area contributed by atoms with Crippen molar-refractivity contribution in [3.8, 4) is 11.8 Å². The van der Waals surface area contributed by atoms with E-state index in [9.17, 15) is 18.0 Å². The molecule has 1 aliphatic heterocycles. The third-order valence-electron chi connectivity index (χ3n) is 4.67. The summed E-state index contributed by atoms with van der Waals surface area (Å²) in [5.74, 6) is 4.30. The summed E-state index contributed by atoms with van der Waals surface area (Å²) in [5, 5.41) is 2.50. The first-order valence-corrected chi connectivity index (χ1v) is 9.70. The van der Waals surface area contributed by atoms with E-state index in [4.69, 9.17) is 11.6 Å². The lowest BCUT2D eigenvalue weighted by atomic mass is 10.1. The normalized spacial score (nSPS) is 14.3. The van der Waals surface area contributed by atoms with Crippen molar-refractivity contribution in [3.63, 3.8) is 0 Å². The van der Waals surface area contributed by atoms with Gasteiger partial charge in [0.05, 0.1) is 10.6 Å². The quantitative estimate of drug-likeness (QED) is 0.595. The zero-order valence-corrected chi connectivity index (χ0v) is 17.6. The second-order valence-electron chi connectivity index (χ2n) is 6.93. The van der Waals surface area contributed by atoms with Crippen LogP contribution in [-0.4, -0.2) is 23.9 Å². The van der Waals surface area contributed by atoms with Crippen LogP contribution in [0.2, 0.25) is 5.02 Å². The minimum Gasteiger partial charge on any atom is -0.315 e. The molecule has 0 bridgehead atoms. The van der Waals surface area contributed by atoms with E-state index in [1.807, 2.05) is 24.3 Å². The fourth-order valence-electron chi connectivity index (χ4n) is 3.15. The number of halogens is 5. The maximum atomic E-state index is 12.7. The molecule has 0 aromatic heterocycles. The van der Waals surface area contributed by atoms with Crippen molar-refractivity contribution in [2.24, 2.45) is 0 Å². The Balaban J connectivity index is 0.00000320. The molecular formula is C22H21Cl2F3N2O. The summed E-state index contributed by atoms with van der Waals surface area (Å²) in [6.45, 7) is 3.11. The van der Waals surface area contributed by atoms with Gasteiger partial charge in [-0.25, -0.2) is 0 Å². The van der Waals surface area contributed by atoms with E-state index in [2.05, 4.69) is 22.1 Å². The number of carbonyl (C=O) groups excluding carboxylic acids is 1. The predicted octanol–water partition coefficient (Wildman–Crippen LogP) is 5.76. The second kappa shape index (κ2) is 10.7. The molecule has 3 nitrogen and oxygen atoms in total. The van der Waals surface area contributed by atoms with Crippen LogP contribution in [-0.2, 0) is 17.5 Å². The molecule has 1 saturated heterocycles. The number of piperidine rings is 1. The van der Waals surface area contributed by atoms with E-state index < -0.39 is 17.6 Å². The Morgan fingerprint density at radius 3 is 2.33 bits per heavy atom. The molecule has 2 aromatic rings. The van der Waals surface area contributed by atoms with Crippen molar-refractivity contribution in [2.45, 2.75) is 32.0 Å². The minimum absolute atomic E-state index is 0. The van der Waals surface area contributed by atoms with Crippen molar-refractivity contribution < 1.29 is 18.0 Å². The van der Waals surface area contributed by atoms with Crippen LogP contribution in [0.1, 0.15) is 36.0 Å². The number of hydrogen-bond donors (Lipinski definition) is 1. The highest BCUT2D eigenvalue weighted by Crippen LogP contribution is 2.31. The standard InChI is InChI=1S/C22H20ClF3N2O.ClH/c23-20-14-18(22(24,25)26)8-6-17(20)7-11-21(29)27-19-9-4-16(5-10-19)15-28-12-2-1-3-13-28;/h4-6,8-10,14H,1-3,12-13,15H2,(H,27,29);1H. The summed E-state index contributed by atoms with van der Waals surface area (Å²) in [6.07, 6.45) is -0.723. The lowest BCUT2D eigenvalue weighted by molar-refractivity contribution is -0.137. The highest BCUT2D eigenvalue weighted by molar-refractivity contribution is 6.31. The Morgan fingerprint density at radius 1 is 1.07 bits per heavy atom. The van der Waals surface area contributed by atoms with Crippen LogP contribution in [0.4, 0.5) is 18.9 Å². The molecule has 0 radical (unpaired) electrons. The van der Waals surface area contributed by atoms with Gasteiger partial charge in [-0.3, -0.25) is 9.69 Å². The van der Waals surface area contributed by atoms with Gasteiger partial charge in [0.15, 0.2) is 0 Å². The SMILES string of the molecule is Cl.O=C(C#Cc1ccc(C(F)(F)F)cc1Cl)Nc1ccc(CN2CCCCC2)cc1. The van der Waals surface area contributed by atoms with Crippen LogP contribution < -0.4 is 5.32 Å². The lowest BCUT2D eigenvalue weighted by Gasteiger charge is -2.26. The molecule has 1 fully saturated rings. The zero-order chi connectivity index (χ0) is 20.9. The van der Waals surface area contributed by atoms with E-state index in [0.717, 1.165) is 37.8 Å². The molecule has 160 valence electrons. The van der Waals surface area contributed by atoms with Crippen molar-refractivity contribution in [1.82, 2.24) is 4.90 Å². The number of amides is 1. The molecule has 0 spiro atoms. The number of nitrogens with zero attached hydrogens (tertiary/aromatic N) is 1. The molecule has 2 aromatic carbocycles. The van der Waals surface area contributed by atoms with Gasteiger partial charge in [-0.15, -0.1) is 12.4 Å². The van der Waals surface area contributed by atoms with Crippen LogP contribution >= 0.6 is 24.0 Å². The van der Waals surface area contributed by atoms with Crippen LogP contribution in [0.25, 0.3) is 0 Å². The predicted molar refractivity (Wildman–Crippen MR) is 115 cm³/mol. The fourth-order valence-corrected chi connectivity index (χ4v) is 3.38. The van der Waals surface area contributed by atoms with Gasteiger partial charge in [0.2, 0.25) is 0 Å². The number of nitrogens with one attached hydrogen (secondary N) is 1. The average molecular weight is 457 g/mol. The first kappa shape index (κ1) is 24.1. The van der Waals surface area contributed by atoms with Crippen molar-refractivity contribution in [1.29, 1.82) is 0 Å². The van der Waals surface area contributed by atoms with Gasteiger partial charge < -0.3 is 5.32 Å². The Hall–Kier alpha value is -2.20. The summed E-state index contributed by atoms with van der Waals surface area (Å²) in [4.78, 5) is 14.4. The second-order valence-corrected chi connectivity index (χ2v) is 7.34.